The Kier molecular flexibility index (Phi) is 5.05. The van der Waals surface area contributed by atoms with Crippen LogP contribution in [0.15, 0.2) is 57.9 Å². The van der Waals surface area contributed by atoms with Crippen molar-refractivity contribution in [2.45, 2.75) is 11.4 Å². The largest absolute Gasteiger partial charge is 0.496 e. The molecule has 3 rings (SSSR count). The van der Waals surface area contributed by atoms with Gasteiger partial charge in [0, 0.05) is 24.1 Å². The quantitative estimate of drug-likeness (QED) is 0.629. The van der Waals surface area contributed by atoms with Crippen LogP contribution in [0.4, 0.5) is 5.95 Å². The van der Waals surface area contributed by atoms with Crippen LogP contribution >= 0.6 is 11.8 Å². The SMILES string of the molecule is COc1cc(CN(C)c2noc(-c3ccccc3)n2)ccc1SC. The number of ether oxygens (including phenoxy) is 1. The van der Waals surface area contributed by atoms with E-state index in [1.165, 1.54) is 0 Å². The van der Waals surface area contributed by atoms with Gasteiger partial charge in [0.05, 0.1) is 7.11 Å². The molecule has 0 spiro atoms. The van der Waals surface area contributed by atoms with Gasteiger partial charge in [-0.1, -0.05) is 24.3 Å². The van der Waals surface area contributed by atoms with Gasteiger partial charge in [0.15, 0.2) is 0 Å². The number of thioether (sulfide) groups is 1. The van der Waals surface area contributed by atoms with Crippen LogP contribution in [0.25, 0.3) is 11.5 Å². The molecule has 0 radical (unpaired) electrons. The molecule has 0 fully saturated rings. The van der Waals surface area contributed by atoms with Crippen LogP contribution < -0.4 is 9.64 Å². The predicted molar refractivity (Wildman–Crippen MR) is 96.6 cm³/mol. The van der Waals surface area contributed by atoms with E-state index in [2.05, 4.69) is 22.3 Å². The van der Waals surface area contributed by atoms with Gasteiger partial charge in [-0.05, 0) is 41.2 Å². The Labute approximate surface area is 145 Å². The van der Waals surface area contributed by atoms with Crippen molar-refractivity contribution in [3.63, 3.8) is 0 Å². The molecule has 124 valence electrons. The summed E-state index contributed by atoms with van der Waals surface area (Å²) < 4.78 is 10.8. The highest BCUT2D eigenvalue weighted by Crippen LogP contribution is 2.29. The monoisotopic (exact) mass is 341 g/mol. The average molecular weight is 341 g/mol. The Morgan fingerprint density at radius 2 is 1.96 bits per heavy atom. The van der Waals surface area contributed by atoms with Crippen molar-refractivity contribution in [1.29, 1.82) is 0 Å². The van der Waals surface area contributed by atoms with E-state index >= 15 is 0 Å². The molecule has 24 heavy (non-hydrogen) atoms. The molecule has 0 unspecified atom stereocenters. The number of benzene rings is 2. The molecule has 0 aliphatic carbocycles. The van der Waals surface area contributed by atoms with Gasteiger partial charge in [-0.2, -0.15) is 4.98 Å². The Balaban J connectivity index is 1.76. The third-order valence-electron chi connectivity index (χ3n) is 3.65. The van der Waals surface area contributed by atoms with Crippen molar-refractivity contribution in [1.82, 2.24) is 10.1 Å². The molecule has 1 heterocycles. The van der Waals surface area contributed by atoms with Crippen molar-refractivity contribution in [2.24, 2.45) is 0 Å². The van der Waals surface area contributed by atoms with Crippen LogP contribution in [0.1, 0.15) is 5.56 Å². The number of anilines is 1. The highest BCUT2D eigenvalue weighted by molar-refractivity contribution is 7.98. The van der Waals surface area contributed by atoms with Crippen LogP contribution in [-0.4, -0.2) is 30.6 Å². The number of nitrogens with zero attached hydrogens (tertiary/aromatic N) is 3. The fourth-order valence-electron chi connectivity index (χ4n) is 2.39. The van der Waals surface area contributed by atoms with Gasteiger partial charge in [0.1, 0.15) is 5.75 Å². The molecule has 0 bridgehead atoms. The summed E-state index contributed by atoms with van der Waals surface area (Å²) in [5.41, 5.74) is 2.04. The fourth-order valence-corrected chi connectivity index (χ4v) is 2.94. The lowest BCUT2D eigenvalue weighted by Crippen LogP contribution is -2.17. The molecule has 0 amide bonds. The minimum absolute atomic E-state index is 0.521. The lowest BCUT2D eigenvalue weighted by molar-refractivity contribution is 0.404. The van der Waals surface area contributed by atoms with Crippen molar-refractivity contribution in [3.05, 3.63) is 54.1 Å². The summed E-state index contributed by atoms with van der Waals surface area (Å²) in [6, 6.07) is 15.9. The maximum absolute atomic E-state index is 5.44. The number of hydrogen-bond acceptors (Lipinski definition) is 6. The van der Waals surface area contributed by atoms with E-state index in [0.29, 0.717) is 18.4 Å². The third kappa shape index (κ3) is 3.54. The smallest absolute Gasteiger partial charge is 0.266 e. The first kappa shape index (κ1) is 16.4. The van der Waals surface area contributed by atoms with Crippen LogP contribution in [0.5, 0.6) is 5.75 Å². The van der Waals surface area contributed by atoms with Crippen molar-refractivity contribution >= 4 is 17.7 Å². The van der Waals surface area contributed by atoms with Gasteiger partial charge in [0.2, 0.25) is 0 Å². The molecule has 0 saturated carbocycles. The van der Waals surface area contributed by atoms with E-state index in [1.54, 1.807) is 18.9 Å². The summed E-state index contributed by atoms with van der Waals surface area (Å²) in [5.74, 6) is 1.96. The second-order valence-corrected chi connectivity index (χ2v) is 6.16. The van der Waals surface area contributed by atoms with Crippen LogP contribution in [-0.2, 0) is 6.54 Å². The molecule has 0 aliphatic rings. The summed E-state index contributed by atoms with van der Waals surface area (Å²) in [6.07, 6.45) is 2.04. The number of hydrogen-bond donors (Lipinski definition) is 0. The third-order valence-corrected chi connectivity index (χ3v) is 4.42. The lowest BCUT2D eigenvalue weighted by atomic mass is 10.2. The summed E-state index contributed by atoms with van der Waals surface area (Å²) in [6.45, 7) is 0.665. The molecule has 0 atom stereocenters. The summed E-state index contributed by atoms with van der Waals surface area (Å²) in [4.78, 5) is 7.53. The molecular weight excluding hydrogens is 322 g/mol. The summed E-state index contributed by atoms with van der Waals surface area (Å²) in [7, 11) is 3.63. The zero-order chi connectivity index (χ0) is 16.9. The molecule has 2 aromatic carbocycles. The molecule has 0 saturated heterocycles. The van der Waals surface area contributed by atoms with Crippen molar-refractivity contribution in [3.8, 4) is 17.2 Å². The van der Waals surface area contributed by atoms with Gasteiger partial charge < -0.3 is 14.2 Å². The van der Waals surface area contributed by atoms with Gasteiger partial charge in [-0.3, -0.25) is 0 Å². The Morgan fingerprint density at radius 3 is 2.67 bits per heavy atom. The molecule has 5 nitrogen and oxygen atoms in total. The Hall–Kier alpha value is -2.47. The van der Waals surface area contributed by atoms with E-state index < -0.39 is 0 Å². The molecular formula is C18H19N3O2S. The van der Waals surface area contributed by atoms with Crippen molar-refractivity contribution < 1.29 is 9.26 Å². The highest BCUT2D eigenvalue weighted by atomic mass is 32.2. The number of methoxy groups -OCH3 is 1. The predicted octanol–water partition coefficient (Wildman–Crippen LogP) is 4.10. The fraction of sp³-hybridized carbons (Fsp3) is 0.222. The first-order valence-electron chi connectivity index (χ1n) is 7.52. The van der Waals surface area contributed by atoms with Gasteiger partial charge in [0.25, 0.3) is 11.8 Å². The molecule has 6 heteroatoms. The van der Waals surface area contributed by atoms with Crippen LogP contribution in [0, 0.1) is 0 Å². The van der Waals surface area contributed by atoms with Crippen LogP contribution in [0.2, 0.25) is 0 Å². The topological polar surface area (TPSA) is 51.4 Å². The second-order valence-electron chi connectivity index (χ2n) is 5.31. The standard InChI is InChI=1S/C18H19N3O2S/c1-21(12-13-9-10-16(24-3)15(11-13)22-2)18-19-17(23-20-18)14-7-5-4-6-8-14/h4-11H,12H2,1-3H3. The van der Waals surface area contributed by atoms with Gasteiger partial charge in [-0.25, -0.2) is 0 Å². The van der Waals surface area contributed by atoms with E-state index in [4.69, 9.17) is 9.26 Å². The number of rotatable bonds is 6. The normalized spacial score (nSPS) is 10.6. The lowest BCUT2D eigenvalue weighted by Gasteiger charge is -2.15. The Bertz CT molecular complexity index is 805. The average Bonchev–Trinajstić information content (AvgIpc) is 3.12. The molecule has 3 aromatic rings. The van der Waals surface area contributed by atoms with E-state index in [-0.39, 0.29) is 0 Å². The van der Waals surface area contributed by atoms with E-state index in [1.807, 2.05) is 54.6 Å². The zero-order valence-corrected chi connectivity index (χ0v) is 14.7. The minimum Gasteiger partial charge on any atom is -0.496 e. The molecule has 1 aromatic heterocycles. The van der Waals surface area contributed by atoms with E-state index in [9.17, 15) is 0 Å². The Morgan fingerprint density at radius 1 is 1.17 bits per heavy atom. The maximum Gasteiger partial charge on any atom is 0.266 e. The minimum atomic E-state index is 0.521. The second kappa shape index (κ2) is 7.40. The first-order valence-corrected chi connectivity index (χ1v) is 8.75. The molecule has 0 aliphatic heterocycles. The van der Waals surface area contributed by atoms with Gasteiger partial charge >= 0.3 is 0 Å². The highest BCUT2D eigenvalue weighted by Gasteiger charge is 2.13. The first-order chi connectivity index (χ1) is 11.7. The summed E-state index contributed by atoms with van der Waals surface area (Å²) in [5, 5.41) is 4.07. The zero-order valence-electron chi connectivity index (χ0n) is 13.9. The summed E-state index contributed by atoms with van der Waals surface area (Å²) >= 11 is 1.67. The molecule has 0 N–H and O–H groups in total. The number of aromatic nitrogens is 2. The van der Waals surface area contributed by atoms with Crippen LogP contribution in [0.3, 0.4) is 0 Å². The maximum atomic E-state index is 5.44. The van der Waals surface area contributed by atoms with E-state index in [0.717, 1.165) is 21.8 Å². The van der Waals surface area contributed by atoms with Crippen molar-refractivity contribution in [2.75, 3.05) is 25.3 Å². The van der Waals surface area contributed by atoms with Gasteiger partial charge in [-0.15, -0.1) is 11.8 Å².